The highest BCUT2D eigenvalue weighted by atomic mass is 16.3. The van der Waals surface area contributed by atoms with Gasteiger partial charge in [-0.05, 0) is 24.7 Å². The van der Waals surface area contributed by atoms with Gasteiger partial charge in [0.2, 0.25) is 0 Å². The number of aliphatic hydroxyl groups is 2. The molecule has 0 aromatic heterocycles. The minimum absolute atomic E-state index is 0.294. The Kier molecular flexibility index (Phi) is 30.0. The number of nitrogens with two attached hydrogens (primary N) is 1. The summed E-state index contributed by atoms with van der Waals surface area (Å²) in [7, 11) is 0. The molecular weight excluding hydrogens is 496 g/mol. The van der Waals surface area contributed by atoms with Crippen molar-refractivity contribution in [2.24, 2.45) is 17.6 Å². The van der Waals surface area contributed by atoms with Crippen molar-refractivity contribution in [2.45, 2.75) is 155 Å². The Morgan fingerprint density at radius 1 is 0.550 bits per heavy atom. The lowest BCUT2D eigenvalue weighted by Crippen LogP contribution is -2.45. The van der Waals surface area contributed by atoms with Crippen molar-refractivity contribution in [1.82, 2.24) is 15.5 Å². The quantitative estimate of drug-likeness (QED) is 0.0594. The molecule has 0 aromatic carbocycles. The number of nitrogens with one attached hydrogen (secondary N) is 2. The zero-order chi connectivity index (χ0) is 29.7. The van der Waals surface area contributed by atoms with E-state index in [0.717, 1.165) is 45.6 Å². The molecule has 0 amide bonds. The summed E-state index contributed by atoms with van der Waals surface area (Å²) < 4.78 is 0. The molecule has 0 bridgehead atoms. The second-order valence-corrected chi connectivity index (χ2v) is 12.7. The molecule has 0 radical (unpaired) electrons. The Bertz CT molecular complexity index is 463. The van der Waals surface area contributed by atoms with Gasteiger partial charge in [-0.25, -0.2) is 0 Å². The van der Waals surface area contributed by atoms with Crippen LogP contribution in [0.15, 0.2) is 0 Å². The van der Waals surface area contributed by atoms with Gasteiger partial charge in [-0.1, -0.05) is 130 Å². The van der Waals surface area contributed by atoms with E-state index in [9.17, 15) is 10.2 Å². The smallest absolute Gasteiger partial charge is 0.0692 e. The number of aliphatic hydroxyl groups excluding tert-OH is 2. The molecule has 0 saturated carbocycles. The average Bonchev–Trinajstić information content (AvgIpc) is 2.94. The maximum absolute atomic E-state index is 11.1. The summed E-state index contributed by atoms with van der Waals surface area (Å²) >= 11 is 0. The molecule has 6 N–H and O–H groups in total. The normalized spacial score (nSPS) is 15.0. The van der Waals surface area contributed by atoms with Crippen LogP contribution in [0.3, 0.4) is 0 Å². The summed E-state index contributed by atoms with van der Waals surface area (Å²) in [4.78, 5) is 2.30. The maximum Gasteiger partial charge on any atom is 0.0692 e. The monoisotopic (exact) mass is 571 g/mol. The van der Waals surface area contributed by atoms with Crippen molar-refractivity contribution in [3.05, 3.63) is 0 Å². The predicted octanol–water partition coefficient (Wildman–Crippen LogP) is 6.48. The first-order valence-electron chi connectivity index (χ1n) is 17.7. The molecule has 4 atom stereocenters. The van der Waals surface area contributed by atoms with Crippen LogP contribution in [0, 0.1) is 11.8 Å². The first kappa shape index (κ1) is 39.8. The minimum atomic E-state index is -0.342. The lowest BCUT2D eigenvalue weighted by Gasteiger charge is -2.31. The van der Waals surface area contributed by atoms with Crippen LogP contribution in [-0.2, 0) is 0 Å². The van der Waals surface area contributed by atoms with E-state index in [1.54, 1.807) is 0 Å². The third-order valence-electron chi connectivity index (χ3n) is 8.63. The maximum atomic E-state index is 11.1. The molecule has 6 nitrogen and oxygen atoms in total. The van der Waals surface area contributed by atoms with Gasteiger partial charge in [0.25, 0.3) is 0 Å². The Labute approximate surface area is 251 Å². The molecule has 0 saturated heterocycles. The van der Waals surface area contributed by atoms with E-state index in [1.807, 2.05) is 0 Å². The molecule has 0 rings (SSSR count). The molecule has 40 heavy (non-hydrogen) atoms. The lowest BCUT2D eigenvalue weighted by atomic mass is 9.94. The van der Waals surface area contributed by atoms with Crippen LogP contribution in [0.4, 0.5) is 0 Å². The van der Waals surface area contributed by atoms with Gasteiger partial charge in [0.05, 0.1) is 12.2 Å². The minimum Gasteiger partial charge on any atom is -0.392 e. The van der Waals surface area contributed by atoms with E-state index in [2.05, 4.69) is 43.2 Å². The third-order valence-corrected chi connectivity index (χ3v) is 8.63. The number of nitrogens with zero attached hydrogens (tertiary/aromatic N) is 1. The molecule has 0 fully saturated rings. The number of hydrogen-bond acceptors (Lipinski definition) is 6. The SMILES string of the molecule is CCCCCCCCCCC(C)C(O)CN(CCNCCNCCN)CC(O)C(C)CCCCCCCCCC. The van der Waals surface area contributed by atoms with Crippen molar-refractivity contribution >= 4 is 0 Å². The number of rotatable bonds is 32. The van der Waals surface area contributed by atoms with Crippen LogP contribution in [0.25, 0.3) is 0 Å². The van der Waals surface area contributed by atoms with E-state index in [4.69, 9.17) is 5.73 Å². The standard InChI is InChI=1S/C34H74N4O2/c1-5-7-9-11-13-15-17-19-21-31(3)33(39)29-38(28-27-37-26-25-36-24-23-35)30-34(40)32(4)22-20-18-16-14-12-10-8-6-2/h31-34,36-37,39-40H,5-30,35H2,1-4H3. The van der Waals surface area contributed by atoms with Crippen molar-refractivity contribution in [1.29, 1.82) is 0 Å². The molecule has 6 heteroatoms. The zero-order valence-electron chi connectivity index (χ0n) is 27.6. The van der Waals surface area contributed by atoms with E-state index in [1.165, 1.54) is 103 Å². The molecule has 0 aromatic rings. The van der Waals surface area contributed by atoms with Gasteiger partial charge in [0, 0.05) is 52.4 Å². The summed E-state index contributed by atoms with van der Waals surface area (Å²) in [6, 6.07) is 0. The molecular formula is C34H74N4O2. The van der Waals surface area contributed by atoms with E-state index < -0.39 is 0 Å². The largest absolute Gasteiger partial charge is 0.392 e. The Morgan fingerprint density at radius 3 is 1.32 bits per heavy atom. The second-order valence-electron chi connectivity index (χ2n) is 12.7. The van der Waals surface area contributed by atoms with Crippen molar-refractivity contribution in [2.75, 3.05) is 52.4 Å². The van der Waals surface area contributed by atoms with Crippen LogP contribution in [0.2, 0.25) is 0 Å². The highest BCUT2D eigenvalue weighted by molar-refractivity contribution is 4.76. The van der Waals surface area contributed by atoms with Crippen molar-refractivity contribution < 1.29 is 10.2 Å². The molecule has 0 aliphatic rings. The fourth-order valence-electron chi connectivity index (χ4n) is 5.50. The van der Waals surface area contributed by atoms with Gasteiger partial charge in [-0.3, -0.25) is 4.90 Å². The predicted molar refractivity (Wildman–Crippen MR) is 176 cm³/mol. The Morgan fingerprint density at radius 2 is 0.925 bits per heavy atom. The van der Waals surface area contributed by atoms with Crippen LogP contribution in [0.5, 0.6) is 0 Å². The van der Waals surface area contributed by atoms with Gasteiger partial charge in [0.15, 0.2) is 0 Å². The number of hydrogen-bond donors (Lipinski definition) is 5. The highest BCUT2D eigenvalue weighted by Crippen LogP contribution is 2.19. The van der Waals surface area contributed by atoms with Crippen molar-refractivity contribution in [3.63, 3.8) is 0 Å². The average molecular weight is 571 g/mol. The zero-order valence-corrected chi connectivity index (χ0v) is 27.6. The van der Waals surface area contributed by atoms with E-state index in [-0.39, 0.29) is 12.2 Å². The summed E-state index contributed by atoms with van der Waals surface area (Å²) in [5.74, 6) is 0.589. The summed E-state index contributed by atoms with van der Waals surface area (Å²) in [6.45, 7) is 15.3. The topological polar surface area (TPSA) is 93.8 Å². The first-order chi connectivity index (χ1) is 19.5. The van der Waals surface area contributed by atoms with Gasteiger partial charge in [-0.2, -0.15) is 0 Å². The van der Waals surface area contributed by atoms with Gasteiger partial charge >= 0.3 is 0 Å². The van der Waals surface area contributed by atoms with Crippen LogP contribution in [0.1, 0.15) is 143 Å². The highest BCUT2D eigenvalue weighted by Gasteiger charge is 2.22. The molecule has 0 heterocycles. The van der Waals surface area contributed by atoms with Gasteiger partial charge in [0.1, 0.15) is 0 Å². The van der Waals surface area contributed by atoms with E-state index in [0.29, 0.717) is 31.5 Å². The molecule has 242 valence electrons. The second kappa shape index (κ2) is 30.2. The summed E-state index contributed by atoms with van der Waals surface area (Å²) in [5, 5.41) is 28.9. The number of unbranched alkanes of at least 4 members (excludes halogenated alkanes) is 14. The summed E-state index contributed by atoms with van der Waals surface area (Å²) in [5.41, 5.74) is 5.55. The van der Waals surface area contributed by atoms with Crippen LogP contribution in [-0.4, -0.2) is 79.7 Å². The third kappa shape index (κ3) is 25.5. The van der Waals surface area contributed by atoms with Gasteiger partial charge < -0.3 is 26.6 Å². The first-order valence-corrected chi connectivity index (χ1v) is 17.7. The Hall–Kier alpha value is -0.240. The summed E-state index contributed by atoms with van der Waals surface area (Å²) in [6.07, 6.45) is 22.7. The molecule has 0 aliphatic heterocycles. The van der Waals surface area contributed by atoms with Crippen molar-refractivity contribution in [3.8, 4) is 0 Å². The van der Waals surface area contributed by atoms with Crippen LogP contribution < -0.4 is 16.4 Å². The Balaban J connectivity index is 4.46. The molecule has 4 unspecified atom stereocenters. The fourth-order valence-corrected chi connectivity index (χ4v) is 5.50. The van der Waals surface area contributed by atoms with Gasteiger partial charge in [-0.15, -0.1) is 0 Å². The van der Waals surface area contributed by atoms with Crippen LogP contribution >= 0.6 is 0 Å². The molecule has 0 spiro atoms. The van der Waals surface area contributed by atoms with E-state index >= 15 is 0 Å². The lowest BCUT2D eigenvalue weighted by molar-refractivity contribution is 0.0259. The fraction of sp³-hybridized carbons (Fsp3) is 1.00. The molecule has 0 aliphatic carbocycles.